The van der Waals surface area contributed by atoms with E-state index < -0.39 is 0 Å². The molecule has 4 heteroatoms. The number of halogens is 2. The Bertz CT molecular complexity index is 557. The first kappa shape index (κ1) is 15.2. The summed E-state index contributed by atoms with van der Waals surface area (Å²) in [5.41, 5.74) is 7.92. The fraction of sp³-hybridized carbons (Fsp3) is 0.250. The fourth-order valence-corrected chi connectivity index (χ4v) is 2.46. The van der Waals surface area contributed by atoms with E-state index in [2.05, 4.69) is 15.9 Å². The quantitative estimate of drug-likeness (QED) is 0.887. The Kier molecular flexibility index (Phi) is 5.29. The lowest BCUT2D eigenvalue weighted by Crippen LogP contribution is -2.27. The van der Waals surface area contributed by atoms with Crippen molar-refractivity contribution in [2.45, 2.75) is 25.7 Å². The summed E-state index contributed by atoms with van der Waals surface area (Å²) >= 11 is 3.43. The fourth-order valence-electron chi connectivity index (χ4n) is 2.02. The Labute approximate surface area is 126 Å². The van der Waals surface area contributed by atoms with E-state index in [0.717, 1.165) is 15.6 Å². The smallest absolute Gasteiger partial charge is 0.123 e. The standard InChI is InChI=1S/C16H17BrFNO/c1-11(19)16(13-5-7-15(18)8-6-13)20-10-12-3-2-4-14(17)9-12/h2-9,11,16H,10,19H2,1H3. The maximum atomic E-state index is 13.0. The summed E-state index contributed by atoms with van der Waals surface area (Å²) in [6.07, 6.45) is -0.255. The van der Waals surface area contributed by atoms with E-state index in [9.17, 15) is 4.39 Å². The Balaban J connectivity index is 2.08. The molecule has 0 heterocycles. The molecule has 0 saturated heterocycles. The SMILES string of the molecule is CC(N)C(OCc1cccc(Br)c1)c1ccc(F)cc1. The summed E-state index contributed by atoms with van der Waals surface area (Å²) in [5, 5.41) is 0. The molecule has 106 valence electrons. The van der Waals surface area contributed by atoms with Gasteiger partial charge in [-0.25, -0.2) is 4.39 Å². The molecule has 20 heavy (non-hydrogen) atoms. The zero-order chi connectivity index (χ0) is 14.5. The van der Waals surface area contributed by atoms with Crippen molar-refractivity contribution in [1.29, 1.82) is 0 Å². The van der Waals surface area contributed by atoms with Gasteiger partial charge in [-0.15, -0.1) is 0 Å². The van der Waals surface area contributed by atoms with Crippen LogP contribution in [0.25, 0.3) is 0 Å². The van der Waals surface area contributed by atoms with Gasteiger partial charge in [0.2, 0.25) is 0 Å². The van der Waals surface area contributed by atoms with Crippen LogP contribution in [0.2, 0.25) is 0 Å². The molecule has 0 aliphatic rings. The number of nitrogens with two attached hydrogens (primary N) is 1. The molecule has 0 aromatic heterocycles. The van der Waals surface area contributed by atoms with E-state index in [1.54, 1.807) is 12.1 Å². The topological polar surface area (TPSA) is 35.2 Å². The molecule has 0 aliphatic heterocycles. The Morgan fingerprint density at radius 1 is 1.20 bits per heavy atom. The third-order valence-electron chi connectivity index (χ3n) is 2.99. The Morgan fingerprint density at radius 3 is 2.50 bits per heavy atom. The summed E-state index contributed by atoms with van der Waals surface area (Å²) in [7, 11) is 0. The number of hydrogen-bond donors (Lipinski definition) is 1. The van der Waals surface area contributed by atoms with Gasteiger partial charge in [-0.1, -0.05) is 40.2 Å². The number of benzene rings is 2. The summed E-state index contributed by atoms with van der Waals surface area (Å²) in [6, 6.07) is 14.0. The van der Waals surface area contributed by atoms with Gasteiger partial charge < -0.3 is 10.5 Å². The van der Waals surface area contributed by atoms with E-state index in [-0.39, 0.29) is 18.0 Å². The molecule has 2 rings (SSSR count). The van der Waals surface area contributed by atoms with Gasteiger partial charge in [0, 0.05) is 10.5 Å². The van der Waals surface area contributed by atoms with Gasteiger partial charge >= 0.3 is 0 Å². The van der Waals surface area contributed by atoms with E-state index in [4.69, 9.17) is 10.5 Å². The molecule has 2 nitrogen and oxygen atoms in total. The second-order valence-electron chi connectivity index (χ2n) is 4.77. The molecule has 0 fully saturated rings. The third-order valence-corrected chi connectivity index (χ3v) is 3.49. The highest BCUT2D eigenvalue weighted by atomic mass is 79.9. The molecule has 0 saturated carbocycles. The molecular weight excluding hydrogens is 321 g/mol. The van der Waals surface area contributed by atoms with Crippen molar-refractivity contribution in [2.24, 2.45) is 5.73 Å². The van der Waals surface area contributed by atoms with Gasteiger partial charge in [-0.05, 0) is 42.3 Å². The van der Waals surface area contributed by atoms with Crippen LogP contribution in [0.4, 0.5) is 4.39 Å². The summed E-state index contributed by atoms with van der Waals surface area (Å²) in [5.74, 6) is -0.260. The predicted molar refractivity (Wildman–Crippen MR) is 81.7 cm³/mol. The van der Waals surface area contributed by atoms with Crippen molar-refractivity contribution in [3.05, 3.63) is 69.9 Å². The lowest BCUT2D eigenvalue weighted by atomic mass is 10.0. The van der Waals surface area contributed by atoms with Crippen LogP contribution in [-0.2, 0) is 11.3 Å². The molecule has 2 aromatic rings. The van der Waals surface area contributed by atoms with E-state index >= 15 is 0 Å². The van der Waals surface area contributed by atoms with Crippen LogP contribution in [0.3, 0.4) is 0 Å². The van der Waals surface area contributed by atoms with Crippen LogP contribution >= 0.6 is 15.9 Å². The number of ether oxygens (including phenoxy) is 1. The van der Waals surface area contributed by atoms with Crippen molar-refractivity contribution >= 4 is 15.9 Å². The van der Waals surface area contributed by atoms with Gasteiger partial charge in [0.15, 0.2) is 0 Å². The zero-order valence-corrected chi connectivity index (χ0v) is 12.8. The zero-order valence-electron chi connectivity index (χ0n) is 11.2. The van der Waals surface area contributed by atoms with Crippen LogP contribution in [0.5, 0.6) is 0 Å². The van der Waals surface area contributed by atoms with Gasteiger partial charge in [0.25, 0.3) is 0 Å². The normalized spacial score (nSPS) is 14.0. The number of rotatable bonds is 5. The highest BCUT2D eigenvalue weighted by Crippen LogP contribution is 2.23. The van der Waals surface area contributed by atoms with Crippen molar-refractivity contribution in [3.63, 3.8) is 0 Å². The largest absolute Gasteiger partial charge is 0.367 e. The second-order valence-corrected chi connectivity index (χ2v) is 5.69. The van der Waals surface area contributed by atoms with E-state index in [1.807, 2.05) is 31.2 Å². The summed E-state index contributed by atoms with van der Waals surface area (Å²) in [6.45, 7) is 2.35. The average molecular weight is 338 g/mol. The molecular formula is C16H17BrFNO. The minimum absolute atomic E-state index is 0.174. The molecule has 2 N–H and O–H groups in total. The van der Waals surface area contributed by atoms with Crippen LogP contribution in [0.1, 0.15) is 24.2 Å². The molecule has 0 radical (unpaired) electrons. The Morgan fingerprint density at radius 2 is 1.90 bits per heavy atom. The van der Waals surface area contributed by atoms with Crippen molar-refractivity contribution in [3.8, 4) is 0 Å². The van der Waals surface area contributed by atoms with Gasteiger partial charge in [-0.2, -0.15) is 0 Å². The molecule has 0 aliphatic carbocycles. The molecule has 0 amide bonds. The highest BCUT2D eigenvalue weighted by molar-refractivity contribution is 9.10. The van der Waals surface area contributed by atoms with Crippen LogP contribution in [0.15, 0.2) is 53.0 Å². The first-order valence-electron chi connectivity index (χ1n) is 6.43. The van der Waals surface area contributed by atoms with Crippen molar-refractivity contribution < 1.29 is 9.13 Å². The molecule has 2 unspecified atom stereocenters. The van der Waals surface area contributed by atoms with Crippen LogP contribution < -0.4 is 5.73 Å². The van der Waals surface area contributed by atoms with Crippen LogP contribution in [-0.4, -0.2) is 6.04 Å². The molecule has 2 aromatic carbocycles. The number of hydrogen-bond acceptors (Lipinski definition) is 2. The summed E-state index contributed by atoms with van der Waals surface area (Å²) in [4.78, 5) is 0. The first-order chi connectivity index (χ1) is 9.56. The lowest BCUT2D eigenvalue weighted by molar-refractivity contribution is 0.0258. The van der Waals surface area contributed by atoms with Gasteiger partial charge in [-0.3, -0.25) is 0 Å². The first-order valence-corrected chi connectivity index (χ1v) is 7.22. The maximum Gasteiger partial charge on any atom is 0.123 e. The minimum Gasteiger partial charge on any atom is -0.367 e. The second kappa shape index (κ2) is 6.97. The lowest BCUT2D eigenvalue weighted by Gasteiger charge is -2.22. The van der Waals surface area contributed by atoms with Gasteiger partial charge in [0.05, 0.1) is 12.7 Å². The predicted octanol–water partition coefficient (Wildman–Crippen LogP) is 4.19. The average Bonchev–Trinajstić information content (AvgIpc) is 2.41. The van der Waals surface area contributed by atoms with Crippen molar-refractivity contribution in [2.75, 3.05) is 0 Å². The minimum atomic E-state index is -0.260. The summed E-state index contributed by atoms with van der Waals surface area (Å²) < 4.78 is 19.9. The molecule has 2 atom stereocenters. The molecule has 0 spiro atoms. The Hall–Kier alpha value is -1.23. The van der Waals surface area contributed by atoms with Crippen LogP contribution in [0, 0.1) is 5.82 Å². The molecule has 0 bridgehead atoms. The van der Waals surface area contributed by atoms with E-state index in [0.29, 0.717) is 6.61 Å². The highest BCUT2D eigenvalue weighted by Gasteiger charge is 2.17. The maximum absolute atomic E-state index is 13.0. The van der Waals surface area contributed by atoms with E-state index in [1.165, 1.54) is 12.1 Å². The monoisotopic (exact) mass is 337 g/mol. The third kappa shape index (κ3) is 4.13. The van der Waals surface area contributed by atoms with Gasteiger partial charge in [0.1, 0.15) is 5.82 Å². The van der Waals surface area contributed by atoms with Crippen molar-refractivity contribution in [1.82, 2.24) is 0 Å².